The van der Waals surface area contributed by atoms with Crippen molar-refractivity contribution in [2.75, 3.05) is 0 Å². The molecule has 0 fully saturated rings. The second-order valence-corrected chi connectivity index (χ2v) is 2.18. The zero-order chi connectivity index (χ0) is 6.85. The molecule has 1 heterocycles. The Morgan fingerprint density at radius 2 is 2.30 bits per heavy atom. The first-order chi connectivity index (χ1) is 4.20. The molecule has 0 aromatic rings. The second-order valence-electron chi connectivity index (χ2n) is 2.18. The average molecular weight is 392 g/mol. The van der Waals surface area contributed by atoms with E-state index in [4.69, 9.17) is 0 Å². The Morgan fingerprint density at radius 3 is 2.70 bits per heavy atom. The average Bonchev–Trinajstić information content (AvgIpc) is 1.80. The molecule has 3 nitrogen and oxygen atoms in total. The summed E-state index contributed by atoms with van der Waals surface area (Å²) in [5.41, 5.74) is 3.31. The molecule has 52 valence electrons. The van der Waals surface area contributed by atoms with Gasteiger partial charge < -0.3 is 4.79 Å². The van der Waals surface area contributed by atoms with Gasteiger partial charge in [0.2, 0.25) is 0 Å². The van der Waals surface area contributed by atoms with Gasteiger partial charge in [-0.3, -0.25) is 11.8 Å². The van der Waals surface area contributed by atoms with Crippen LogP contribution in [0.1, 0.15) is 13.8 Å². The molecule has 0 spiro atoms. The third kappa shape index (κ3) is 1.24. The molecule has 10 heavy (non-hydrogen) atoms. The maximum atomic E-state index is 10.5. The van der Waals surface area contributed by atoms with Crippen LogP contribution in [0.4, 0.5) is 0 Å². The minimum Gasteiger partial charge on any atom is -0.309 e. The molecule has 0 saturated carbocycles. The Kier molecular flexibility index (Phi) is 2.02. The molecule has 0 radical (unpaired) electrons. The van der Waals surface area contributed by atoms with Gasteiger partial charge in [-0.05, 0) is 6.92 Å². The maximum absolute atomic E-state index is 10.5. The number of hydrogen-bond acceptors (Lipinski definition) is 2. The molecule has 1 aliphatic heterocycles. The Balaban J connectivity index is 0.000000810. The van der Waals surface area contributed by atoms with Crippen molar-refractivity contribution in [2.24, 2.45) is 11.0 Å². The molecule has 4 heteroatoms. The normalized spacial score (nSPS) is 23.6. The van der Waals surface area contributed by atoms with Crippen LogP contribution >= 0.6 is 0 Å². The molecule has 0 aromatic heterocycles. The Morgan fingerprint density at radius 1 is 1.70 bits per heavy atom. The number of carbonyl (C=O) groups excluding carboxylic acids is 1. The van der Waals surface area contributed by atoms with Gasteiger partial charge in [-0.25, -0.2) is 0 Å². The van der Waals surface area contributed by atoms with E-state index < -0.39 is 0 Å². The summed E-state index contributed by atoms with van der Waals surface area (Å²) in [6, 6.07) is 0. The number of nitrogens with one attached hydrogen (secondary N) is 1. The largest absolute Gasteiger partial charge is 0.309 e. The number of carbonyl (C=O) groups is 1. The first-order valence-corrected chi connectivity index (χ1v) is 2.89. The summed E-state index contributed by atoms with van der Waals surface area (Å²) in [5, 5.41) is 3.78. The van der Waals surface area contributed by atoms with Crippen molar-refractivity contribution >= 4 is 11.6 Å². The van der Waals surface area contributed by atoms with Crippen LogP contribution in [0.25, 0.3) is 0 Å². The van der Waals surface area contributed by atoms with Crippen LogP contribution < -0.4 is 5.43 Å². The van der Waals surface area contributed by atoms with Gasteiger partial charge in [0.05, 0.1) is 0 Å². The van der Waals surface area contributed by atoms with Crippen LogP contribution in [0.15, 0.2) is 5.10 Å². The zero-order valence-electron chi connectivity index (χ0n) is 6.22. The van der Waals surface area contributed by atoms with E-state index in [1.165, 1.54) is 0 Å². The van der Waals surface area contributed by atoms with E-state index in [0.717, 1.165) is 5.71 Å². The molecular weight excluding hydrogens is 383 g/mol. The van der Waals surface area contributed by atoms with Gasteiger partial charge in [0.1, 0.15) is 5.91 Å². The first-order valence-electron chi connectivity index (χ1n) is 2.89. The fourth-order valence-corrected chi connectivity index (χ4v) is 0.630. The number of nitrogens with zero attached hydrogens (tertiary/aromatic N) is 1. The molecule has 0 saturated heterocycles. The predicted octanol–water partition coefficient (Wildman–Crippen LogP) is 0.332. The summed E-state index contributed by atoms with van der Waals surface area (Å²) in [6.45, 7) is 3.83. The van der Waals surface area contributed by atoms with E-state index in [1.807, 2.05) is 13.8 Å². The van der Waals surface area contributed by atoms with Crippen LogP contribution in [-0.2, 0) is 4.79 Å². The fraction of sp³-hybridized carbons (Fsp3) is 0.500. The SMILES string of the molecule is CC1=NNC(=O)[CH-]C1C.[Rf]. The topological polar surface area (TPSA) is 41.5 Å². The Hall–Kier alpha value is -1.99. The molecule has 1 aliphatic rings. The summed E-state index contributed by atoms with van der Waals surface area (Å²) < 4.78 is 0. The molecule has 1 amide bonds. The number of hydrazone groups is 1. The predicted molar refractivity (Wildman–Crippen MR) is 34.7 cm³/mol. The van der Waals surface area contributed by atoms with Gasteiger partial charge in [0.15, 0.2) is 0 Å². The summed E-state index contributed by atoms with van der Waals surface area (Å²) in [4.78, 5) is 10.5. The maximum Gasteiger partial charge on any atom is 0.104 e. The van der Waals surface area contributed by atoms with Crippen molar-refractivity contribution in [1.82, 2.24) is 5.43 Å². The summed E-state index contributed by atoms with van der Waals surface area (Å²) >= 11 is 0. The summed E-state index contributed by atoms with van der Waals surface area (Å²) in [5.74, 6) is 0.0897. The van der Waals surface area contributed by atoms with E-state index in [-0.39, 0.29) is 11.8 Å². The van der Waals surface area contributed by atoms with Crippen molar-refractivity contribution in [2.45, 2.75) is 13.8 Å². The minimum atomic E-state index is -0.104. The molecule has 0 bridgehead atoms. The fourth-order valence-electron chi connectivity index (χ4n) is 0.630. The van der Waals surface area contributed by atoms with Crippen molar-refractivity contribution < 1.29 is 4.79 Å². The van der Waals surface area contributed by atoms with Crippen LogP contribution in [0.2, 0.25) is 0 Å². The summed E-state index contributed by atoms with van der Waals surface area (Å²) in [6.07, 6.45) is 1.61. The number of rotatable bonds is 0. The smallest absolute Gasteiger partial charge is 0.104 e. The van der Waals surface area contributed by atoms with E-state index in [1.54, 1.807) is 6.42 Å². The molecule has 1 rings (SSSR count). The second kappa shape index (κ2) is 2.53. The van der Waals surface area contributed by atoms with Crippen molar-refractivity contribution in [3.8, 4) is 0 Å². The van der Waals surface area contributed by atoms with Crippen LogP contribution in [0.3, 0.4) is 0 Å². The van der Waals surface area contributed by atoms with Gasteiger partial charge in [-0.1, -0.05) is 6.92 Å². The van der Waals surface area contributed by atoms with Gasteiger partial charge in [-0.2, -0.15) is 5.10 Å². The van der Waals surface area contributed by atoms with E-state index in [9.17, 15) is 4.79 Å². The van der Waals surface area contributed by atoms with Crippen LogP contribution in [-0.4, -0.2) is 11.6 Å². The monoisotopic (exact) mass is 392 g/mol. The third-order valence-electron chi connectivity index (χ3n) is 1.40. The molecular formula is C6H9N2ORf-. The molecule has 0 aromatic carbocycles. The van der Waals surface area contributed by atoms with Crippen LogP contribution in [0.5, 0.6) is 0 Å². The van der Waals surface area contributed by atoms with Gasteiger partial charge in [0, 0.05) is 5.71 Å². The third-order valence-corrected chi connectivity index (χ3v) is 1.40. The van der Waals surface area contributed by atoms with Gasteiger partial charge in [-0.15, -0.1) is 5.92 Å². The van der Waals surface area contributed by atoms with E-state index in [0.29, 0.717) is 0 Å². The quantitative estimate of drug-likeness (QED) is 0.594. The van der Waals surface area contributed by atoms with Gasteiger partial charge >= 0.3 is 0 Å². The summed E-state index contributed by atoms with van der Waals surface area (Å²) in [7, 11) is 0. The minimum absolute atomic E-state index is 0. The van der Waals surface area contributed by atoms with Gasteiger partial charge in [0.25, 0.3) is 0 Å². The first kappa shape index (κ1) is 8.01. The standard InChI is InChI=1S/C6H9N2O.Rf/c1-4-3-6(9)8-7-5(4)2;/h3-4H,1-2H3,(H,8,9);/q-1;. The van der Waals surface area contributed by atoms with E-state index in [2.05, 4.69) is 10.5 Å². The number of hydrogen-bond donors (Lipinski definition) is 1. The van der Waals surface area contributed by atoms with E-state index >= 15 is 0 Å². The molecule has 0 aliphatic carbocycles. The Bertz CT molecular complexity index is 167. The molecule has 1 N–H and O–H groups in total. The molecule has 1 unspecified atom stereocenters. The zero-order valence-corrected chi connectivity index (χ0v) is 12.6. The van der Waals surface area contributed by atoms with Crippen molar-refractivity contribution in [3.05, 3.63) is 6.42 Å². The number of amides is 1. The van der Waals surface area contributed by atoms with Crippen molar-refractivity contribution in [1.29, 1.82) is 0 Å². The molecule has 1 atom stereocenters. The van der Waals surface area contributed by atoms with Crippen molar-refractivity contribution in [3.63, 3.8) is 0 Å². The Labute approximate surface area is 54.1 Å². The van der Waals surface area contributed by atoms with Crippen LogP contribution in [0, 0.1) is 12.3 Å².